The molecule has 0 spiro atoms. The molecule has 2 aromatic heterocycles. The second-order valence-electron chi connectivity index (χ2n) is 5.52. The zero-order valence-corrected chi connectivity index (χ0v) is 13.4. The number of hydrogen-bond donors (Lipinski definition) is 1. The van der Waals surface area contributed by atoms with Crippen LogP contribution in [0.15, 0.2) is 22.7 Å². The van der Waals surface area contributed by atoms with E-state index >= 15 is 0 Å². The van der Waals surface area contributed by atoms with Gasteiger partial charge in [-0.3, -0.25) is 4.79 Å². The fraction of sp³-hybridized carbons (Fsp3) is 0.333. The molecule has 0 radical (unpaired) electrons. The number of alkyl halides is 3. The van der Waals surface area contributed by atoms with Gasteiger partial charge in [0.15, 0.2) is 5.82 Å². The molecular formula is C15H14F3N5O2. The number of aryl methyl sites for hydroxylation is 1. The van der Waals surface area contributed by atoms with Crippen LogP contribution < -0.4 is 0 Å². The lowest BCUT2D eigenvalue weighted by molar-refractivity contribution is -0.144. The van der Waals surface area contributed by atoms with Crippen LogP contribution in [-0.2, 0) is 12.6 Å². The Balaban J connectivity index is 1.74. The summed E-state index contributed by atoms with van der Waals surface area (Å²) in [6.07, 6.45) is -4.16. The fourth-order valence-electron chi connectivity index (χ4n) is 2.31. The highest BCUT2D eigenvalue weighted by atomic mass is 19.4. The number of fused-ring (bicyclic) bond motifs is 1. The minimum atomic E-state index is -4.57. The molecule has 0 aliphatic rings. The van der Waals surface area contributed by atoms with Gasteiger partial charge in [-0.1, -0.05) is 5.16 Å². The molecule has 0 saturated carbocycles. The summed E-state index contributed by atoms with van der Waals surface area (Å²) in [6.45, 7) is 2.01. The van der Waals surface area contributed by atoms with Crippen LogP contribution in [0, 0.1) is 6.92 Å². The van der Waals surface area contributed by atoms with E-state index in [0.29, 0.717) is 24.7 Å². The molecule has 0 bridgehead atoms. The Morgan fingerprint density at radius 1 is 1.32 bits per heavy atom. The first-order valence-corrected chi connectivity index (χ1v) is 7.35. The van der Waals surface area contributed by atoms with Crippen molar-refractivity contribution in [3.05, 3.63) is 41.3 Å². The Kier molecular flexibility index (Phi) is 4.19. The predicted octanol–water partition coefficient (Wildman–Crippen LogP) is 2.59. The second-order valence-corrected chi connectivity index (χ2v) is 5.52. The Bertz CT molecular complexity index is 915. The number of benzene rings is 1. The maximum atomic E-state index is 12.7. The number of carbonyl (C=O) groups excluding carboxylic acids is 1. The summed E-state index contributed by atoms with van der Waals surface area (Å²) in [6, 6.07) is 4.18. The van der Waals surface area contributed by atoms with E-state index in [4.69, 9.17) is 4.52 Å². The van der Waals surface area contributed by atoms with Gasteiger partial charge in [-0.2, -0.15) is 18.2 Å². The molecule has 0 atom stereocenters. The van der Waals surface area contributed by atoms with Crippen molar-refractivity contribution < 1.29 is 22.5 Å². The zero-order valence-electron chi connectivity index (χ0n) is 13.4. The first kappa shape index (κ1) is 16.9. The largest absolute Gasteiger partial charge is 0.449 e. The van der Waals surface area contributed by atoms with Gasteiger partial charge in [0.05, 0.1) is 11.0 Å². The van der Waals surface area contributed by atoms with Crippen LogP contribution in [0.25, 0.3) is 11.0 Å². The SMILES string of the molecule is Cc1nc(CCN(C)C(=O)c2ccc3nc(C(F)(F)F)[nH]c3c2)no1. The monoisotopic (exact) mass is 353 g/mol. The van der Waals surface area contributed by atoms with Gasteiger partial charge >= 0.3 is 6.18 Å². The number of amides is 1. The van der Waals surface area contributed by atoms with Crippen molar-refractivity contribution in [2.45, 2.75) is 19.5 Å². The van der Waals surface area contributed by atoms with E-state index in [0.717, 1.165) is 0 Å². The van der Waals surface area contributed by atoms with E-state index in [9.17, 15) is 18.0 Å². The Labute approximate surface area is 139 Å². The Morgan fingerprint density at radius 3 is 2.72 bits per heavy atom. The maximum absolute atomic E-state index is 12.7. The highest BCUT2D eigenvalue weighted by Crippen LogP contribution is 2.28. The smallest absolute Gasteiger partial charge is 0.341 e. The highest BCUT2D eigenvalue weighted by molar-refractivity contribution is 5.97. The third-order valence-electron chi connectivity index (χ3n) is 3.58. The number of aromatic nitrogens is 4. The number of halogens is 3. The number of nitrogens with zero attached hydrogens (tertiary/aromatic N) is 4. The van der Waals surface area contributed by atoms with Gasteiger partial charge < -0.3 is 14.4 Å². The van der Waals surface area contributed by atoms with Gasteiger partial charge in [0.1, 0.15) is 0 Å². The number of imidazole rings is 1. The van der Waals surface area contributed by atoms with Gasteiger partial charge in [0.25, 0.3) is 5.91 Å². The number of nitrogens with one attached hydrogen (secondary N) is 1. The van der Waals surface area contributed by atoms with Crippen molar-refractivity contribution in [1.29, 1.82) is 0 Å². The van der Waals surface area contributed by atoms with E-state index in [1.54, 1.807) is 14.0 Å². The number of rotatable bonds is 4. The minimum Gasteiger partial charge on any atom is -0.341 e. The van der Waals surface area contributed by atoms with Crippen molar-refractivity contribution in [3.8, 4) is 0 Å². The molecule has 0 aliphatic heterocycles. The summed E-state index contributed by atoms with van der Waals surface area (Å²) in [7, 11) is 1.59. The molecule has 0 saturated heterocycles. The number of H-pyrrole nitrogens is 1. The van der Waals surface area contributed by atoms with Crippen LogP contribution in [-0.4, -0.2) is 44.5 Å². The van der Waals surface area contributed by atoms with Crippen molar-refractivity contribution >= 4 is 16.9 Å². The Morgan fingerprint density at radius 2 is 2.08 bits per heavy atom. The molecule has 2 heterocycles. The van der Waals surface area contributed by atoms with Crippen LogP contribution in [0.1, 0.15) is 27.9 Å². The molecule has 132 valence electrons. The molecule has 1 N–H and O–H groups in total. The summed E-state index contributed by atoms with van der Waals surface area (Å²) in [4.78, 5) is 23.6. The van der Waals surface area contributed by atoms with Crippen LogP contribution in [0.5, 0.6) is 0 Å². The molecule has 10 heteroatoms. The summed E-state index contributed by atoms with van der Waals surface area (Å²) < 4.78 is 42.9. The summed E-state index contributed by atoms with van der Waals surface area (Å²) in [5, 5.41) is 3.74. The molecule has 0 fully saturated rings. The van der Waals surface area contributed by atoms with Crippen LogP contribution >= 0.6 is 0 Å². The molecule has 0 aliphatic carbocycles. The van der Waals surface area contributed by atoms with Gasteiger partial charge in [0.2, 0.25) is 11.7 Å². The lowest BCUT2D eigenvalue weighted by Crippen LogP contribution is -2.29. The lowest BCUT2D eigenvalue weighted by atomic mass is 10.1. The number of carbonyl (C=O) groups is 1. The maximum Gasteiger partial charge on any atom is 0.449 e. The number of likely N-dealkylation sites (N-methyl/N-ethyl adjacent to an activating group) is 1. The standard InChI is InChI=1S/C15H14F3N5O2/c1-8-19-12(22-25-8)5-6-23(2)13(24)9-3-4-10-11(7-9)21-14(20-10)15(16,17)18/h3-4,7H,5-6H2,1-2H3,(H,20,21). The first-order chi connectivity index (χ1) is 11.7. The zero-order chi connectivity index (χ0) is 18.2. The molecule has 7 nitrogen and oxygen atoms in total. The molecular weight excluding hydrogens is 339 g/mol. The minimum absolute atomic E-state index is 0.147. The third kappa shape index (κ3) is 3.62. The van der Waals surface area contributed by atoms with Gasteiger partial charge in [-0.05, 0) is 18.2 Å². The van der Waals surface area contributed by atoms with Crippen molar-refractivity contribution in [2.75, 3.05) is 13.6 Å². The van der Waals surface area contributed by atoms with E-state index in [2.05, 4.69) is 20.1 Å². The van der Waals surface area contributed by atoms with Gasteiger partial charge in [0, 0.05) is 32.5 Å². The molecule has 25 heavy (non-hydrogen) atoms. The second kappa shape index (κ2) is 6.19. The lowest BCUT2D eigenvalue weighted by Gasteiger charge is -2.16. The molecule has 3 aromatic rings. The van der Waals surface area contributed by atoms with Gasteiger partial charge in [-0.15, -0.1) is 0 Å². The van der Waals surface area contributed by atoms with Crippen LogP contribution in [0.3, 0.4) is 0 Å². The molecule has 0 unspecified atom stereocenters. The molecule has 3 rings (SSSR count). The van der Waals surface area contributed by atoms with E-state index < -0.39 is 12.0 Å². The normalized spacial score (nSPS) is 11.9. The van der Waals surface area contributed by atoms with Crippen LogP contribution in [0.2, 0.25) is 0 Å². The topological polar surface area (TPSA) is 87.9 Å². The number of hydrogen-bond acceptors (Lipinski definition) is 5. The highest BCUT2D eigenvalue weighted by Gasteiger charge is 2.34. The van der Waals surface area contributed by atoms with E-state index in [1.165, 1.54) is 23.1 Å². The fourth-order valence-corrected chi connectivity index (χ4v) is 2.31. The first-order valence-electron chi connectivity index (χ1n) is 7.35. The van der Waals surface area contributed by atoms with Crippen molar-refractivity contribution in [2.24, 2.45) is 0 Å². The number of aromatic amines is 1. The van der Waals surface area contributed by atoms with Crippen LogP contribution in [0.4, 0.5) is 13.2 Å². The average Bonchev–Trinajstić information content (AvgIpc) is 3.16. The summed E-state index contributed by atoms with van der Waals surface area (Å²) in [5.41, 5.74) is 0.561. The Hall–Kier alpha value is -2.91. The van der Waals surface area contributed by atoms with E-state index in [-0.39, 0.29) is 22.5 Å². The third-order valence-corrected chi connectivity index (χ3v) is 3.58. The average molecular weight is 353 g/mol. The summed E-state index contributed by atoms with van der Waals surface area (Å²) in [5.74, 6) is -0.497. The van der Waals surface area contributed by atoms with Crippen molar-refractivity contribution in [1.82, 2.24) is 25.0 Å². The van der Waals surface area contributed by atoms with Gasteiger partial charge in [-0.25, -0.2) is 4.98 Å². The molecule has 1 aromatic carbocycles. The van der Waals surface area contributed by atoms with E-state index in [1.807, 2.05) is 0 Å². The molecule has 1 amide bonds. The summed E-state index contributed by atoms with van der Waals surface area (Å²) >= 11 is 0. The van der Waals surface area contributed by atoms with Crippen molar-refractivity contribution in [3.63, 3.8) is 0 Å². The predicted molar refractivity (Wildman–Crippen MR) is 80.8 cm³/mol. The quantitative estimate of drug-likeness (QED) is 0.779.